The summed E-state index contributed by atoms with van der Waals surface area (Å²) in [4.78, 5) is 11.4. The topological polar surface area (TPSA) is 63.3 Å². The molecule has 0 fully saturated rings. The fourth-order valence-electron chi connectivity index (χ4n) is 1.80. The molecule has 0 aliphatic carbocycles. The van der Waals surface area contributed by atoms with Gasteiger partial charge in [-0.2, -0.15) is 0 Å². The molecule has 0 atom stereocenters. The Bertz CT molecular complexity index is 498. The van der Waals surface area contributed by atoms with Crippen LogP contribution in [0.4, 0.5) is 0 Å². The second-order valence-corrected chi connectivity index (χ2v) is 4.39. The van der Waals surface area contributed by atoms with Crippen molar-refractivity contribution < 1.29 is 9.90 Å². The predicted octanol–water partition coefficient (Wildman–Crippen LogP) is 2.84. The van der Waals surface area contributed by atoms with Crippen LogP contribution in [0.25, 0.3) is 6.08 Å². The Balaban J connectivity index is 2.62. The van der Waals surface area contributed by atoms with Gasteiger partial charge >= 0.3 is 0 Å². The molecule has 1 amide bonds. The monoisotopic (exact) mass is 257 g/mol. The number of aromatic hydroxyl groups is 1. The first-order chi connectivity index (χ1) is 9.13. The molecule has 3 N–H and O–H groups in total. The van der Waals surface area contributed by atoms with Gasteiger partial charge in [0, 0.05) is 12.0 Å². The predicted molar refractivity (Wildman–Crippen MR) is 77.2 cm³/mol. The lowest BCUT2D eigenvalue weighted by molar-refractivity contribution is -0.114. The number of hydrogen-bond donors (Lipinski definition) is 2. The fourth-order valence-corrected chi connectivity index (χ4v) is 1.80. The molecule has 0 unspecified atom stereocenters. The van der Waals surface area contributed by atoms with Crippen LogP contribution in [0.15, 0.2) is 29.8 Å². The average Bonchev–Trinajstić information content (AvgIpc) is 2.37. The molecule has 0 spiro atoms. The minimum absolute atomic E-state index is 0.173. The van der Waals surface area contributed by atoms with Crippen molar-refractivity contribution in [3.63, 3.8) is 0 Å². The summed E-state index contributed by atoms with van der Waals surface area (Å²) >= 11 is 0. The molecule has 3 nitrogen and oxygen atoms in total. The lowest BCUT2D eigenvalue weighted by Gasteiger charge is -2.04. The number of terminal acetylenes is 1. The van der Waals surface area contributed by atoms with Crippen LogP contribution in [-0.2, 0) is 4.79 Å². The molecule has 0 saturated carbocycles. The molecule has 0 radical (unpaired) electrons. The summed E-state index contributed by atoms with van der Waals surface area (Å²) in [5.41, 5.74) is 6.71. The normalized spacial score (nSPS) is 11.0. The highest BCUT2D eigenvalue weighted by Gasteiger charge is 2.05. The lowest BCUT2D eigenvalue weighted by atomic mass is 10.0. The summed E-state index contributed by atoms with van der Waals surface area (Å²) in [5.74, 6) is 2.35. The summed E-state index contributed by atoms with van der Waals surface area (Å²) in [6.45, 7) is 0. The van der Waals surface area contributed by atoms with Crippen molar-refractivity contribution in [3.05, 3.63) is 35.4 Å². The van der Waals surface area contributed by atoms with Gasteiger partial charge in [-0.15, -0.1) is 12.3 Å². The van der Waals surface area contributed by atoms with Gasteiger partial charge in [0.25, 0.3) is 0 Å². The van der Waals surface area contributed by atoms with Gasteiger partial charge in [-0.05, 0) is 43.0 Å². The van der Waals surface area contributed by atoms with Crippen LogP contribution in [-0.4, -0.2) is 11.0 Å². The highest BCUT2D eigenvalue weighted by atomic mass is 16.3. The summed E-state index contributed by atoms with van der Waals surface area (Å²) in [7, 11) is 0. The Hall–Kier alpha value is -2.21. The number of unbranched alkanes of at least 4 members (excludes halogenated alkanes) is 3. The van der Waals surface area contributed by atoms with Gasteiger partial charge in [0.15, 0.2) is 0 Å². The van der Waals surface area contributed by atoms with E-state index < -0.39 is 5.91 Å². The smallest absolute Gasteiger partial charge is 0.244 e. The van der Waals surface area contributed by atoms with Crippen molar-refractivity contribution in [2.75, 3.05) is 0 Å². The quantitative estimate of drug-likeness (QED) is 0.448. The summed E-state index contributed by atoms with van der Waals surface area (Å²) in [6.07, 6.45) is 11.1. The maximum atomic E-state index is 11.4. The van der Waals surface area contributed by atoms with Crippen molar-refractivity contribution in [1.29, 1.82) is 0 Å². The van der Waals surface area contributed by atoms with Crippen LogP contribution in [0, 0.1) is 12.3 Å². The molecule has 0 bridgehead atoms. The molecule has 100 valence electrons. The van der Waals surface area contributed by atoms with Crippen molar-refractivity contribution in [2.24, 2.45) is 5.73 Å². The van der Waals surface area contributed by atoms with Gasteiger partial charge in [0.2, 0.25) is 5.91 Å². The van der Waals surface area contributed by atoms with E-state index in [1.165, 1.54) is 0 Å². The van der Waals surface area contributed by atoms with Crippen molar-refractivity contribution in [1.82, 2.24) is 0 Å². The first kappa shape index (κ1) is 14.8. The van der Waals surface area contributed by atoms with Crippen LogP contribution in [0.1, 0.15) is 37.7 Å². The summed E-state index contributed by atoms with van der Waals surface area (Å²) < 4.78 is 0. The maximum Gasteiger partial charge on any atom is 0.244 e. The van der Waals surface area contributed by atoms with Gasteiger partial charge in [-0.25, -0.2) is 0 Å². The highest BCUT2D eigenvalue weighted by molar-refractivity contribution is 5.96. The highest BCUT2D eigenvalue weighted by Crippen LogP contribution is 2.17. The maximum absolute atomic E-state index is 11.4. The third-order valence-electron chi connectivity index (χ3n) is 2.79. The van der Waals surface area contributed by atoms with Crippen LogP contribution in [0.5, 0.6) is 5.75 Å². The number of phenols is 1. The zero-order chi connectivity index (χ0) is 14.1. The number of amides is 1. The van der Waals surface area contributed by atoms with Gasteiger partial charge in [-0.1, -0.05) is 18.6 Å². The van der Waals surface area contributed by atoms with Crippen molar-refractivity contribution in [3.8, 4) is 18.1 Å². The Kier molecular flexibility index (Phi) is 6.25. The van der Waals surface area contributed by atoms with Gasteiger partial charge < -0.3 is 10.8 Å². The SMILES string of the molecule is C#CCCCCCC(=Cc1cccc(O)c1)C(N)=O. The molecule has 0 saturated heterocycles. The van der Waals surface area contributed by atoms with E-state index in [1.807, 2.05) is 6.07 Å². The molecular formula is C16H19NO2. The molecule has 1 rings (SSSR count). The number of phenolic OH excluding ortho intramolecular Hbond substituents is 1. The molecule has 3 heteroatoms. The zero-order valence-corrected chi connectivity index (χ0v) is 10.9. The second kappa shape index (κ2) is 7.99. The summed E-state index contributed by atoms with van der Waals surface area (Å²) in [6, 6.07) is 6.73. The number of hydrogen-bond acceptors (Lipinski definition) is 2. The van der Waals surface area contributed by atoms with Crippen molar-refractivity contribution in [2.45, 2.75) is 32.1 Å². The van der Waals surface area contributed by atoms with Gasteiger partial charge in [-0.3, -0.25) is 4.79 Å². The van der Waals surface area contributed by atoms with E-state index in [2.05, 4.69) is 5.92 Å². The van der Waals surface area contributed by atoms with E-state index in [0.29, 0.717) is 12.0 Å². The Labute approximate surface area is 114 Å². The van der Waals surface area contributed by atoms with Gasteiger partial charge in [0.1, 0.15) is 5.75 Å². The number of rotatable bonds is 7. The van der Waals surface area contributed by atoms with E-state index in [4.69, 9.17) is 12.2 Å². The summed E-state index contributed by atoms with van der Waals surface area (Å²) in [5, 5.41) is 9.37. The molecule has 0 heterocycles. The Morgan fingerprint density at radius 3 is 2.79 bits per heavy atom. The molecule has 1 aromatic carbocycles. The van der Waals surface area contributed by atoms with Gasteiger partial charge in [0.05, 0.1) is 0 Å². The van der Waals surface area contributed by atoms with E-state index in [9.17, 15) is 9.90 Å². The molecule has 0 aliphatic heterocycles. The third kappa shape index (κ3) is 5.78. The van der Waals surface area contributed by atoms with E-state index >= 15 is 0 Å². The number of nitrogens with two attached hydrogens (primary N) is 1. The molecule has 0 aliphatic rings. The minimum atomic E-state index is -0.416. The lowest BCUT2D eigenvalue weighted by Crippen LogP contribution is -2.13. The zero-order valence-electron chi connectivity index (χ0n) is 10.9. The van der Waals surface area contributed by atoms with Crippen LogP contribution in [0.3, 0.4) is 0 Å². The number of carbonyl (C=O) groups is 1. The number of carbonyl (C=O) groups excluding carboxylic acids is 1. The second-order valence-electron chi connectivity index (χ2n) is 4.39. The fraction of sp³-hybridized carbons (Fsp3) is 0.312. The van der Waals surface area contributed by atoms with E-state index in [-0.39, 0.29) is 5.75 Å². The average molecular weight is 257 g/mol. The molecule has 0 aromatic heterocycles. The molecular weight excluding hydrogens is 238 g/mol. The van der Waals surface area contributed by atoms with Crippen LogP contribution in [0.2, 0.25) is 0 Å². The van der Waals surface area contributed by atoms with Crippen molar-refractivity contribution >= 4 is 12.0 Å². The first-order valence-electron chi connectivity index (χ1n) is 6.36. The first-order valence-corrected chi connectivity index (χ1v) is 6.36. The van der Waals surface area contributed by atoms with Crippen LogP contribution >= 0.6 is 0 Å². The largest absolute Gasteiger partial charge is 0.508 e. The van der Waals surface area contributed by atoms with E-state index in [0.717, 1.165) is 31.2 Å². The number of primary amides is 1. The number of benzene rings is 1. The Morgan fingerprint density at radius 2 is 2.16 bits per heavy atom. The Morgan fingerprint density at radius 1 is 1.37 bits per heavy atom. The third-order valence-corrected chi connectivity index (χ3v) is 2.79. The minimum Gasteiger partial charge on any atom is -0.508 e. The van der Waals surface area contributed by atoms with E-state index in [1.54, 1.807) is 24.3 Å². The molecule has 1 aromatic rings. The standard InChI is InChI=1S/C16H19NO2/c1-2-3-4-5-6-9-14(16(17)19)11-13-8-7-10-15(18)12-13/h1,7-8,10-12,18H,3-6,9H2,(H2,17,19). The molecule has 19 heavy (non-hydrogen) atoms. The van der Waals surface area contributed by atoms with Crippen LogP contribution < -0.4 is 5.73 Å².